The van der Waals surface area contributed by atoms with Gasteiger partial charge in [0.15, 0.2) is 5.13 Å². The van der Waals surface area contributed by atoms with Gasteiger partial charge in [0.25, 0.3) is 0 Å². The van der Waals surface area contributed by atoms with Crippen LogP contribution in [0.25, 0.3) is 0 Å². The summed E-state index contributed by atoms with van der Waals surface area (Å²) in [5.74, 6) is 0.177. The molecule has 0 radical (unpaired) electrons. The van der Waals surface area contributed by atoms with Crippen molar-refractivity contribution in [2.45, 2.75) is 33.2 Å². The number of nitrogens with one attached hydrogen (secondary N) is 1. The maximum absolute atomic E-state index is 12.0. The molecule has 1 saturated heterocycles. The third-order valence-electron chi connectivity index (χ3n) is 3.67. The summed E-state index contributed by atoms with van der Waals surface area (Å²) in [6, 6.07) is 0.316. The van der Waals surface area contributed by atoms with Crippen molar-refractivity contribution in [3.05, 3.63) is 10.6 Å². The van der Waals surface area contributed by atoms with Crippen LogP contribution < -0.4 is 10.2 Å². The van der Waals surface area contributed by atoms with Gasteiger partial charge in [-0.15, -0.1) is 0 Å². The molecule has 0 spiro atoms. The summed E-state index contributed by atoms with van der Waals surface area (Å²) < 4.78 is 0. The molecule has 0 saturated carbocycles. The van der Waals surface area contributed by atoms with Crippen LogP contribution in [-0.2, 0) is 4.79 Å². The molecule has 20 heavy (non-hydrogen) atoms. The van der Waals surface area contributed by atoms with Crippen molar-refractivity contribution in [1.82, 2.24) is 15.2 Å². The Bertz CT molecular complexity index is 474. The van der Waals surface area contributed by atoms with Crippen molar-refractivity contribution in [2.24, 2.45) is 0 Å². The van der Waals surface area contributed by atoms with Crippen LogP contribution >= 0.6 is 11.3 Å². The van der Waals surface area contributed by atoms with Gasteiger partial charge in [-0.1, -0.05) is 18.3 Å². The second-order valence-corrected chi connectivity index (χ2v) is 6.32. The van der Waals surface area contributed by atoms with Crippen LogP contribution in [0.1, 0.15) is 36.9 Å². The average Bonchev–Trinajstić information content (AvgIpc) is 2.71. The van der Waals surface area contributed by atoms with Crippen LogP contribution in [-0.4, -0.2) is 49.0 Å². The third kappa shape index (κ3) is 3.30. The molecule has 1 aliphatic rings. The highest BCUT2D eigenvalue weighted by atomic mass is 32.1. The Balaban J connectivity index is 2.16. The maximum Gasteiger partial charge on any atom is 0.241 e. The topological polar surface area (TPSA) is 48.5 Å². The predicted octanol–water partition coefficient (Wildman–Crippen LogP) is 1.79. The molecule has 1 N–H and O–H groups in total. The van der Waals surface area contributed by atoms with Crippen molar-refractivity contribution in [1.29, 1.82) is 0 Å². The summed E-state index contributed by atoms with van der Waals surface area (Å²) in [6.45, 7) is 9.44. The quantitative estimate of drug-likeness (QED) is 0.920. The minimum Gasteiger partial charge on any atom is -0.344 e. The van der Waals surface area contributed by atoms with E-state index in [1.54, 1.807) is 11.3 Å². The normalized spacial score (nSPS) is 18.3. The Hall–Kier alpha value is -1.14. The van der Waals surface area contributed by atoms with Gasteiger partial charge in [0, 0.05) is 31.1 Å². The van der Waals surface area contributed by atoms with Gasteiger partial charge in [-0.05, 0) is 26.8 Å². The van der Waals surface area contributed by atoms with Crippen LogP contribution in [0, 0.1) is 6.92 Å². The fraction of sp³-hybridized carbons (Fsp3) is 0.714. The molecule has 1 fully saturated rings. The van der Waals surface area contributed by atoms with Gasteiger partial charge in [0.05, 0.1) is 12.2 Å². The zero-order chi connectivity index (χ0) is 14.7. The number of carbonyl (C=O) groups is 1. The molecule has 0 aromatic carbocycles. The van der Waals surface area contributed by atoms with Gasteiger partial charge in [0.1, 0.15) is 0 Å². The molecule has 2 heterocycles. The largest absolute Gasteiger partial charge is 0.344 e. The molecule has 1 aromatic rings. The molecule has 6 heteroatoms. The van der Waals surface area contributed by atoms with E-state index in [4.69, 9.17) is 0 Å². The van der Waals surface area contributed by atoms with E-state index in [2.05, 4.69) is 36.0 Å². The zero-order valence-electron chi connectivity index (χ0n) is 12.8. The minimum absolute atomic E-state index is 0.177. The standard InChI is InChI=1S/C14H24N4OS/c1-5-15-10(2)13-11(3)16-14(20-13)18-8-6-7-17(4)12(19)9-18/h10,15H,5-9H2,1-4H3. The summed E-state index contributed by atoms with van der Waals surface area (Å²) in [4.78, 5) is 21.8. The van der Waals surface area contributed by atoms with Crippen LogP contribution in [0.2, 0.25) is 0 Å². The molecule has 1 aromatic heterocycles. The monoisotopic (exact) mass is 296 g/mol. The van der Waals surface area contributed by atoms with Crippen molar-refractivity contribution >= 4 is 22.4 Å². The number of thiazole rings is 1. The third-order valence-corrected chi connectivity index (χ3v) is 5.07. The Morgan fingerprint density at radius 1 is 1.45 bits per heavy atom. The molecule has 2 rings (SSSR count). The Labute approximate surface area is 125 Å². The summed E-state index contributed by atoms with van der Waals surface area (Å²) in [5.41, 5.74) is 1.07. The molecule has 0 bridgehead atoms. The first-order chi connectivity index (χ1) is 9.52. The van der Waals surface area contributed by atoms with E-state index in [0.29, 0.717) is 12.6 Å². The van der Waals surface area contributed by atoms with Crippen LogP contribution in [0.3, 0.4) is 0 Å². The summed E-state index contributed by atoms with van der Waals surface area (Å²) >= 11 is 1.71. The number of rotatable bonds is 4. The molecule has 0 aliphatic carbocycles. The second-order valence-electron chi connectivity index (χ2n) is 5.32. The van der Waals surface area contributed by atoms with Crippen molar-refractivity contribution in [3.8, 4) is 0 Å². The first-order valence-electron chi connectivity index (χ1n) is 7.22. The maximum atomic E-state index is 12.0. The van der Waals surface area contributed by atoms with E-state index in [1.807, 2.05) is 11.9 Å². The van der Waals surface area contributed by atoms with Gasteiger partial charge in [0.2, 0.25) is 5.91 Å². The molecule has 1 amide bonds. The van der Waals surface area contributed by atoms with E-state index >= 15 is 0 Å². The first-order valence-corrected chi connectivity index (χ1v) is 8.04. The second kappa shape index (κ2) is 6.54. The zero-order valence-corrected chi connectivity index (χ0v) is 13.6. The number of carbonyl (C=O) groups excluding carboxylic acids is 1. The van der Waals surface area contributed by atoms with Crippen molar-refractivity contribution in [3.63, 3.8) is 0 Å². The Morgan fingerprint density at radius 2 is 2.20 bits per heavy atom. The molecule has 112 valence electrons. The number of aromatic nitrogens is 1. The van der Waals surface area contributed by atoms with E-state index in [9.17, 15) is 4.79 Å². The highest BCUT2D eigenvalue weighted by Crippen LogP contribution is 2.31. The molecule has 1 atom stereocenters. The molecular weight excluding hydrogens is 272 g/mol. The van der Waals surface area contributed by atoms with Crippen LogP contribution in [0.5, 0.6) is 0 Å². The lowest BCUT2D eigenvalue weighted by molar-refractivity contribution is -0.127. The van der Waals surface area contributed by atoms with Gasteiger partial charge in [-0.2, -0.15) is 0 Å². The van der Waals surface area contributed by atoms with Gasteiger partial charge in [-0.3, -0.25) is 4.79 Å². The lowest BCUT2D eigenvalue weighted by atomic mass is 10.2. The van der Waals surface area contributed by atoms with E-state index in [0.717, 1.165) is 36.9 Å². The smallest absolute Gasteiger partial charge is 0.241 e. The van der Waals surface area contributed by atoms with Gasteiger partial charge >= 0.3 is 0 Å². The number of anilines is 1. The highest BCUT2D eigenvalue weighted by molar-refractivity contribution is 7.15. The number of amides is 1. The first kappa shape index (κ1) is 15.3. The SMILES string of the molecule is CCNC(C)c1sc(N2CCCN(C)C(=O)C2)nc1C. The lowest BCUT2D eigenvalue weighted by Gasteiger charge is -2.18. The number of nitrogens with zero attached hydrogens (tertiary/aromatic N) is 3. The number of hydrogen-bond acceptors (Lipinski definition) is 5. The Kier molecular flexibility index (Phi) is 4.99. The number of aryl methyl sites for hydroxylation is 1. The van der Waals surface area contributed by atoms with E-state index < -0.39 is 0 Å². The fourth-order valence-corrected chi connectivity index (χ4v) is 3.60. The highest BCUT2D eigenvalue weighted by Gasteiger charge is 2.23. The fourth-order valence-electron chi connectivity index (χ4n) is 2.48. The average molecular weight is 296 g/mol. The van der Waals surface area contributed by atoms with Gasteiger partial charge < -0.3 is 15.1 Å². The lowest BCUT2D eigenvalue weighted by Crippen LogP contribution is -2.34. The van der Waals surface area contributed by atoms with Crippen molar-refractivity contribution < 1.29 is 4.79 Å². The van der Waals surface area contributed by atoms with E-state index in [-0.39, 0.29) is 5.91 Å². The number of hydrogen-bond donors (Lipinski definition) is 1. The molecular formula is C14H24N4OS. The predicted molar refractivity (Wildman–Crippen MR) is 83.4 cm³/mol. The minimum atomic E-state index is 0.177. The molecule has 5 nitrogen and oxygen atoms in total. The van der Waals surface area contributed by atoms with Crippen LogP contribution in [0.15, 0.2) is 0 Å². The summed E-state index contributed by atoms with van der Waals surface area (Å²) in [5, 5.41) is 4.40. The van der Waals surface area contributed by atoms with E-state index in [1.165, 1.54) is 4.88 Å². The molecule has 1 aliphatic heterocycles. The van der Waals surface area contributed by atoms with Gasteiger partial charge in [-0.25, -0.2) is 4.98 Å². The summed E-state index contributed by atoms with van der Waals surface area (Å²) in [7, 11) is 1.87. The summed E-state index contributed by atoms with van der Waals surface area (Å²) in [6.07, 6.45) is 0.999. The molecule has 1 unspecified atom stereocenters. The number of likely N-dealkylation sites (N-methyl/N-ethyl adjacent to an activating group) is 1. The van der Waals surface area contributed by atoms with Crippen LogP contribution in [0.4, 0.5) is 5.13 Å². The van der Waals surface area contributed by atoms with Crippen molar-refractivity contribution in [2.75, 3.05) is 38.1 Å². The Morgan fingerprint density at radius 3 is 2.90 bits per heavy atom.